The Balaban J connectivity index is 2.26. The molecular weight excluding hydrogens is 250 g/mol. The Hall–Kier alpha value is -2.33. The Labute approximate surface area is 117 Å². The molecule has 2 aromatic heterocycles. The van der Waals surface area contributed by atoms with Crippen LogP contribution in [0.3, 0.4) is 0 Å². The van der Waals surface area contributed by atoms with Gasteiger partial charge in [-0.2, -0.15) is 0 Å². The smallest absolute Gasteiger partial charge is 0.134 e. The number of nitrogens with two attached hydrogens (primary N) is 1. The van der Waals surface area contributed by atoms with Crippen LogP contribution in [0.15, 0.2) is 47.2 Å². The van der Waals surface area contributed by atoms with Gasteiger partial charge in [0.15, 0.2) is 0 Å². The van der Waals surface area contributed by atoms with E-state index in [4.69, 9.17) is 10.2 Å². The van der Waals surface area contributed by atoms with Gasteiger partial charge in [-0.3, -0.25) is 0 Å². The molecule has 4 heteroatoms. The van der Waals surface area contributed by atoms with Crippen LogP contribution in [-0.4, -0.2) is 19.1 Å². The van der Waals surface area contributed by atoms with Crippen LogP contribution < -0.4 is 10.6 Å². The number of rotatable bonds is 3. The number of benzene rings is 1. The lowest BCUT2D eigenvalue weighted by atomic mass is 10.00. The molecule has 3 aromatic rings. The maximum Gasteiger partial charge on any atom is 0.134 e. The van der Waals surface area contributed by atoms with Crippen LogP contribution in [0, 0.1) is 0 Å². The summed E-state index contributed by atoms with van der Waals surface area (Å²) < 4.78 is 5.63. The van der Waals surface area contributed by atoms with Crippen molar-refractivity contribution in [1.82, 2.24) is 4.98 Å². The molecule has 0 fully saturated rings. The minimum atomic E-state index is 0.441. The van der Waals surface area contributed by atoms with Crippen LogP contribution >= 0.6 is 0 Å². The molecule has 0 aliphatic heterocycles. The fraction of sp³-hybridized carbons (Fsp3) is 0.188. The van der Waals surface area contributed by atoms with Crippen LogP contribution in [0.1, 0.15) is 5.56 Å². The third-order valence-corrected chi connectivity index (χ3v) is 3.43. The van der Waals surface area contributed by atoms with Gasteiger partial charge in [-0.25, -0.2) is 4.98 Å². The number of hydrogen-bond acceptors (Lipinski definition) is 4. The third-order valence-electron chi connectivity index (χ3n) is 3.43. The van der Waals surface area contributed by atoms with Crippen molar-refractivity contribution in [2.24, 2.45) is 5.73 Å². The molecule has 0 aliphatic rings. The third kappa shape index (κ3) is 1.94. The van der Waals surface area contributed by atoms with Crippen LogP contribution in [0.5, 0.6) is 0 Å². The molecule has 20 heavy (non-hydrogen) atoms. The highest BCUT2D eigenvalue weighted by Gasteiger charge is 2.15. The van der Waals surface area contributed by atoms with E-state index in [1.807, 2.05) is 49.5 Å². The summed E-state index contributed by atoms with van der Waals surface area (Å²) in [6.07, 6.45) is 3.60. The molecule has 3 rings (SSSR count). The normalized spacial score (nSPS) is 10.9. The molecule has 4 nitrogen and oxygen atoms in total. The molecule has 0 bridgehead atoms. The van der Waals surface area contributed by atoms with Gasteiger partial charge in [-0.15, -0.1) is 0 Å². The predicted molar refractivity (Wildman–Crippen MR) is 81.7 cm³/mol. The van der Waals surface area contributed by atoms with E-state index in [2.05, 4.69) is 11.1 Å². The summed E-state index contributed by atoms with van der Waals surface area (Å²) in [4.78, 5) is 6.40. The number of pyridine rings is 1. The minimum Gasteiger partial charge on any atom is -0.464 e. The van der Waals surface area contributed by atoms with Gasteiger partial charge in [0.2, 0.25) is 0 Å². The number of furan rings is 1. The molecule has 0 unspecified atom stereocenters. The second-order valence-corrected chi connectivity index (χ2v) is 4.90. The quantitative estimate of drug-likeness (QED) is 0.792. The first-order valence-corrected chi connectivity index (χ1v) is 6.54. The number of nitrogens with zero attached hydrogens (tertiary/aromatic N) is 2. The Morgan fingerprint density at radius 3 is 2.70 bits per heavy atom. The average Bonchev–Trinajstić information content (AvgIpc) is 2.90. The van der Waals surface area contributed by atoms with E-state index in [9.17, 15) is 0 Å². The van der Waals surface area contributed by atoms with Gasteiger partial charge in [0.05, 0.1) is 6.26 Å². The van der Waals surface area contributed by atoms with Crippen molar-refractivity contribution in [2.45, 2.75) is 6.54 Å². The minimum absolute atomic E-state index is 0.441. The van der Waals surface area contributed by atoms with Gasteiger partial charge in [0.1, 0.15) is 11.4 Å². The zero-order chi connectivity index (χ0) is 14.1. The molecule has 0 radical (unpaired) electrons. The van der Waals surface area contributed by atoms with E-state index >= 15 is 0 Å². The van der Waals surface area contributed by atoms with Crippen molar-refractivity contribution >= 4 is 16.8 Å². The first kappa shape index (κ1) is 12.7. The van der Waals surface area contributed by atoms with E-state index in [1.54, 1.807) is 6.26 Å². The fourth-order valence-corrected chi connectivity index (χ4v) is 2.51. The monoisotopic (exact) mass is 267 g/mol. The zero-order valence-corrected chi connectivity index (χ0v) is 11.6. The second kappa shape index (κ2) is 4.98. The summed E-state index contributed by atoms with van der Waals surface area (Å²) >= 11 is 0. The molecule has 0 saturated carbocycles. The number of fused-ring (bicyclic) bond motifs is 1. The van der Waals surface area contributed by atoms with Crippen molar-refractivity contribution in [3.05, 3.63) is 48.4 Å². The van der Waals surface area contributed by atoms with E-state index in [-0.39, 0.29) is 0 Å². The highest BCUT2D eigenvalue weighted by atomic mass is 16.3. The molecule has 2 heterocycles. The van der Waals surface area contributed by atoms with Gasteiger partial charge < -0.3 is 15.1 Å². The average molecular weight is 267 g/mol. The van der Waals surface area contributed by atoms with Gasteiger partial charge in [-0.1, -0.05) is 18.2 Å². The molecule has 0 saturated heterocycles. The van der Waals surface area contributed by atoms with Gasteiger partial charge in [0, 0.05) is 43.4 Å². The van der Waals surface area contributed by atoms with Crippen molar-refractivity contribution in [1.29, 1.82) is 0 Å². The summed E-state index contributed by atoms with van der Waals surface area (Å²) in [6, 6.07) is 10.0. The molecule has 0 amide bonds. The fourth-order valence-electron chi connectivity index (χ4n) is 2.51. The zero-order valence-electron chi connectivity index (χ0n) is 11.6. The largest absolute Gasteiger partial charge is 0.464 e. The molecule has 2 N–H and O–H groups in total. The van der Waals surface area contributed by atoms with E-state index in [0.717, 1.165) is 33.5 Å². The Kier molecular flexibility index (Phi) is 3.16. The SMILES string of the molecule is CN(C)c1nccc(-c2coc3ccccc23)c1CN. The van der Waals surface area contributed by atoms with Crippen LogP contribution in [-0.2, 0) is 6.54 Å². The second-order valence-electron chi connectivity index (χ2n) is 4.90. The summed E-state index contributed by atoms with van der Waals surface area (Å²) in [6.45, 7) is 0.441. The topological polar surface area (TPSA) is 55.3 Å². The summed E-state index contributed by atoms with van der Waals surface area (Å²) in [5.74, 6) is 0.898. The maximum atomic E-state index is 5.94. The molecular formula is C16H17N3O. The molecule has 102 valence electrons. The van der Waals surface area contributed by atoms with Crippen LogP contribution in [0.25, 0.3) is 22.1 Å². The summed E-state index contributed by atoms with van der Waals surface area (Å²) in [7, 11) is 3.94. The van der Waals surface area contributed by atoms with Gasteiger partial charge in [-0.05, 0) is 17.7 Å². The number of hydrogen-bond donors (Lipinski definition) is 1. The number of aromatic nitrogens is 1. The summed E-state index contributed by atoms with van der Waals surface area (Å²) in [5, 5.41) is 1.10. The molecule has 0 spiro atoms. The van der Waals surface area contributed by atoms with Crippen molar-refractivity contribution in [3.8, 4) is 11.1 Å². The predicted octanol–water partition coefficient (Wildman–Crippen LogP) is 3.02. The van der Waals surface area contributed by atoms with Crippen molar-refractivity contribution < 1.29 is 4.42 Å². The molecule has 0 aliphatic carbocycles. The number of para-hydroxylation sites is 1. The Bertz CT molecular complexity index is 746. The van der Waals surface area contributed by atoms with Gasteiger partial charge >= 0.3 is 0 Å². The highest BCUT2D eigenvalue weighted by Crippen LogP contribution is 2.34. The highest BCUT2D eigenvalue weighted by molar-refractivity contribution is 5.95. The Morgan fingerprint density at radius 1 is 1.15 bits per heavy atom. The molecule has 0 atom stereocenters. The van der Waals surface area contributed by atoms with Crippen molar-refractivity contribution in [2.75, 3.05) is 19.0 Å². The maximum absolute atomic E-state index is 5.94. The molecule has 1 aromatic carbocycles. The van der Waals surface area contributed by atoms with E-state index in [0.29, 0.717) is 6.54 Å². The Morgan fingerprint density at radius 2 is 1.95 bits per heavy atom. The number of anilines is 1. The van der Waals surface area contributed by atoms with E-state index in [1.165, 1.54) is 0 Å². The van der Waals surface area contributed by atoms with E-state index < -0.39 is 0 Å². The van der Waals surface area contributed by atoms with Crippen LogP contribution in [0.2, 0.25) is 0 Å². The summed E-state index contributed by atoms with van der Waals surface area (Å²) in [5.41, 5.74) is 10.00. The van der Waals surface area contributed by atoms with Crippen molar-refractivity contribution in [3.63, 3.8) is 0 Å². The lowest BCUT2D eigenvalue weighted by Crippen LogP contribution is -2.15. The lowest BCUT2D eigenvalue weighted by molar-refractivity contribution is 0.617. The lowest BCUT2D eigenvalue weighted by Gasteiger charge is -2.17. The first-order valence-electron chi connectivity index (χ1n) is 6.54. The van der Waals surface area contributed by atoms with Gasteiger partial charge in [0.25, 0.3) is 0 Å². The standard InChI is InChI=1S/C16H17N3O/c1-19(2)16-13(9-17)11(7-8-18-16)14-10-20-15-6-4-3-5-12(14)15/h3-8,10H,9,17H2,1-2H3. The van der Waals surface area contributed by atoms with Crippen LogP contribution in [0.4, 0.5) is 5.82 Å². The first-order chi connectivity index (χ1) is 9.72.